The number of morpholine rings is 1. The minimum absolute atomic E-state index is 0.700. The van der Waals surface area contributed by atoms with E-state index in [4.69, 9.17) is 26.9 Å². The van der Waals surface area contributed by atoms with Gasteiger partial charge in [-0.3, -0.25) is 0 Å². The normalized spacial score (nSPS) is 14.3. The van der Waals surface area contributed by atoms with Crippen molar-refractivity contribution >= 4 is 34.1 Å². The average molecular weight is 404 g/mol. The number of anilines is 1. The van der Waals surface area contributed by atoms with Crippen LogP contribution in [0.1, 0.15) is 0 Å². The Morgan fingerprint density at radius 3 is 2.21 bits per heavy atom. The maximum absolute atomic E-state index is 5.56. The lowest BCUT2D eigenvalue weighted by Crippen LogP contribution is -2.42. The van der Waals surface area contributed by atoms with Crippen LogP contribution < -0.4 is 5.32 Å². The van der Waals surface area contributed by atoms with Gasteiger partial charge in [0.15, 0.2) is 5.11 Å². The summed E-state index contributed by atoms with van der Waals surface area (Å²) in [5.74, 6) is 0. The van der Waals surface area contributed by atoms with Crippen LogP contribution in [0.5, 0.6) is 0 Å². The molecule has 5 rings (SSSR count). The number of rotatable bonds is 3. The molecule has 1 saturated heterocycles. The largest absolute Gasteiger partial charge is 0.378 e. The van der Waals surface area contributed by atoms with Crippen molar-refractivity contribution in [3.8, 4) is 22.8 Å². The summed E-state index contributed by atoms with van der Waals surface area (Å²) in [6.45, 7) is 3.00. The van der Waals surface area contributed by atoms with Gasteiger partial charge in [-0.1, -0.05) is 0 Å². The van der Waals surface area contributed by atoms with E-state index in [1.165, 1.54) is 0 Å². The highest BCUT2D eigenvalue weighted by molar-refractivity contribution is 7.80. The predicted molar refractivity (Wildman–Crippen MR) is 118 cm³/mol. The Morgan fingerprint density at radius 1 is 0.931 bits per heavy atom. The highest BCUT2D eigenvalue weighted by Gasteiger charge is 2.16. The number of fused-ring (bicyclic) bond motifs is 1. The van der Waals surface area contributed by atoms with E-state index in [9.17, 15) is 0 Å². The first-order valence-electron chi connectivity index (χ1n) is 9.51. The summed E-state index contributed by atoms with van der Waals surface area (Å²) >= 11 is 5.56. The molecule has 4 aromatic rings. The van der Waals surface area contributed by atoms with Crippen LogP contribution in [0.4, 0.5) is 5.69 Å². The van der Waals surface area contributed by atoms with Crippen molar-refractivity contribution in [3.63, 3.8) is 0 Å². The second-order valence-electron chi connectivity index (χ2n) is 6.82. The van der Waals surface area contributed by atoms with Gasteiger partial charge in [0.05, 0.1) is 35.6 Å². The first kappa shape index (κ1) is 17.8. The smallest absolute Gasteiger partial charge is 0.173 e. The molecule has 0 saturated carbocycles. The van der Waals surface area contributed by atoms with Gasteiger partial charge in [-0.25, -0.2) is 9.97 Å². The van der Waals surface area contributed by atoms with Gasteiger partial charge in [0, 0.05) is 31.2 Å². The summed E-state index contributed by atoms with van der Waals surface area (Å²) in [7, 11) is 0. The number of nitrogens with zero attached hydrogens (tertiary/aromatic N) is 3. The standard InChI is InChI=1S/C21H20N6OS/c29-21(27-9-11-28-12-10-27)24-14-5-6-15-18(13-14)26-20(17-4-2-8-23-17)19(25-15)16-3-1-7-22-16/h1-8,13,22-23H,9-12H2,(H,24,29). The first-order chi connectivity index (χ1) is 14.3. The van der Waals surface area contributed by atoms with Gasteiger partial charge in [0.25, 0.3) is 0 Å². The van der Waals surface area contributed by atoms with Crippen LogP contribution in [0.2, 0.25) is 0 Å². The fourth-order valence-electron chi connectivity index (χ4n) is 3.43. The Hall–Kier alpha value is -3.23. The number of aromatic amines is 2. The molecule has 29 heavy (non-hydrogen) atoms. The molecule has 1 aliphatic rings. The van der Waals surface area contributed by atoms with E-state index in [0.717, 1.165) is 52.6 Å². The maximum atomic E-state index is 5.56. The summed E-state index contributed by atoms with van der Waals surface area (Å²) < 4.78 is 5.40. The van der Waals surface area contributed by atoms with E-state index < -0.39 is 0 Å². The van der Waals surface area contributed by atoms with E-state index in [2.05, 4.69) is 20.2 Å². The average Bonchev–Trinajstić information content (AvgIpc) is 3.47. The number of thiocarbonyl (C=S) groups is 1. The molecule has 146 valence electrons. The van der Waals surface area contributed by atoms with Gasteiger partial charge in [0.2, 0.25) is 0 Å². The molecule has 1 aliphatic heterocycles. The molecule has 8 heteroatoms. The van der Waals surface area contributed by atoms with Crippen molar-refractivity contribution in [2.75, 3.05) is 31.6 Å². The zero-order chi connectivity index (χ0) is 19.6. The summed E-state index contributed by atoms with van der Waals surface area (Å²) in [6.07, 6.45) is 3.78. The quantitative estimate of drug-likeness (QED) is 0.452. The Labute approximate surface area is 173 Å². The van der Waals surface area contributed by atoms with Crippen molar-refractivity contribution < 1.29 is 4.74 Å². The molecular weight excluding hydrogens is 384 g/mol. The SMILES string of the molecule is S=C(Nc1ccc2nc(-c3ccc[nH]3)c(-c3ccc[nH]3)nc2c1)N1CCOCC1. The van der Waals surface area contributed by atoms with E-state index >= 15 is 0 Å². The number of ether oxygens (including phenoxy) is 1. The maximum Gasteiger partial charge on any atom is 0.173 e. The number of hydrogen-bond donors (Lipinski definition) is 3. The van der Waals surface area contributed by atoms with Crippen LogP contribution >= 0.6 is 12.2 Å². The van der Waals surface area contributed by atoms with Crippen molar-refractivity contribution in [2.45, 2.75) is 0 Å². The van der Waals surface area contributed by atoms with Gasteiger partial charge in [-0.15, -0.1) is 0 Å². The number of aromatic nitrogens is 4. The molecular formula is C21H20N6OS. The second-order valence-corrected chi connectivity index (χ2v) is 7.21. The van der Waals surface area contributed by atoms with Crippen molar-refractivity contribution in [1.29, 1.82) is 0 Å². The number of hydrogen-bond acceptors (Lipinski definition) is 4. The molecule has 0 bridgehead atoms. The Kier molecular flexibility index (Phi) is 4.71. The lowest BCUT2D eigenvalue weighted by Gasteiger charge is -2.29. The van der Waals surface area contributed by atoms with Crippen LogP contribution in [0.3, 0.4) is 0 Å². The minimum Gasteiger partial charge on any atom is -0.378 e. The predicted octanol–water partition coefficient (Wildman–Crippen LogP) is 3.65. The van der Waals surface area contributed by atoms with Crippen LogP contribution in [-0.4, -0.2) is 56.3 Å². The molecule has 0 radical (unpaired) electrons. The van der Waals surface area contributed by atoms with Crippen LogP contribution in [-0.2, 0) is 4.74 Å². The highest BCUT2D eigenvalue weighted by atomic mass is 32.1. The van der Waals surface area contributed by atoms with E-state index in [-0.39, 0.29) is 0 Å². The summed E-state index contributed by atoms with van der Waals surface area (Å²) in [4.78, 5) is 18.4. The van der Waals surface area contributed by atoms with Gasteiger partial charge >= 0.3 is 0 Å². The summed E-state index contributed by atoms with van der Waals surface area (Å²) in [6, 6.07) is 13.8. The molecule has 1 fully saturated rings. The van der Waals surface area contributed by atoms with Gasteiger partial charge < -0.3 is 24.9 Å². The lowest BCUT2D eigenvalue weighted by molar-refractivity contribution is 0.0690. The highest BCUT2D eigenvalue weighted by Crippen LogP contribution is 2.30. The molecule has 0 spiro atoms. The van der Waals surface area contributed by atoms with E-state index in [1.54, 1.807) is 0 Å². The first-order valence-corrected chi connectivity index (χ1v) is 9.92. The Morgan fingerprint density at radius 2 is 1.59 bits per heavy atom. The number of nitrogens with one attached hydrogen (secondary N) is 3. The van der Waals surface area contributed by atoms with Crippen LogP contribution in [0, 0.1) is 0 Å². The summed E-state index contributed by atoms with van der Waals surface area (Å²) in [5.41, 5.74) is 6.00. The topological polar surface area (TPSA) is 81.9 Å². The van der Waals surface area contributed by atoms with Gasteiger partial charge in [-0.2, -0.15) is 0 Å². The van der Waals surface area contributed by atoms with E-state index in [0.29, 0.717) is 18.3 Å². The van der Waals surface area contributed by atoms with Gasteiger partial charge in [-0.05, 0) is 54.7 Å². The minimum atomic E-state index is 0.700. The molecule has 7 nitrogen and oxygen atoms in total. The fourth-order valence-corrected chi connectivity index (χ4v) is 3.73. The van der Waals surface area contributed by atoms with Crippen LogP contribution in [0.25, 0.3) is 33.8 Å². The molecule has 1 aromatic carbocycles. The molecule has 4 heterocycles. The number of H-pyrrole nitrogens is 2. The fraction of sp³-hybridized carbons (Fsp3) is 0.190. The number of benzene rings is 1. The Bertz CT molecular complexity index is 1130. The molecule has 3 aromatic heterocycles. The zero-order valence-electron chi connectivity index (χ0n) is 15.7. The van der Waals surface area contributed by atoms with Crippen molar-refractivity contribution in [3.05, 3.63) is 54.9 Å². The van der Waals surface area contributed by atoms with E-state index in [1.807, 2.05) is 54.9 Å². The molecule has 0 amide bonds. The zero-order valence-corrected chi connectivity index (χ0v) is 16.5. The molecule has 0 atom stereocenters. The molecule has 3 N–H and O–H groups in total. The lowest BCUT2D eigenvalue weighted by atomic mass is 10.1. The third-order valence-electron chi connectivity index (χ3n) is 4.92. The molecule has 0 aliphatic carbocycles. The molecule has 0 unspecified atom stereocenters. The Balaban J connectivity index is 1.52. The van der Waals surface area contributed by atoms with Crippen LogP contribution in [0.15, 0.2) is 54.9 Å². The third-order valence-corrected chi connectivity index (χ3v) is 5.28. The van der Waals surface area contributed by atoms with Crippen molar-refractivity contribution in [1.82, 2.24) is 24.8 Å². The van der Waals surface area contributed by atoms with Crippen molar-refractivity contribution in [2.24, 2.45) is 0 Å². The second kappa shape index (κ2) is 7.65. The monoisotopic (exact) mass is 404 g/mol. The summed E-state index contributed by atoms with van der Waals surface area (Å²) in [5, 5.41) is 4.02. The third kappa shape index (κ3) is 3.59. The van der Waals surface area contributed by atoms with Gasteiger partial charge in [0.1, 0.15) is 11.4 Å².